The monoisotopic (exact) mass is 210 g/mol. The van der Waals surface area contributed by atoms with Gasteiger partial charge in [0.15, 0.2) is 11.4 Å². The van der Waals surface area contributed by atoms with Crippen molar-refractivity contribution >= 4 is 5.97 Å². The molecule has 0 bridgehead atoms. The zero-order valence-corrected chi connectivity index (χ0v) is 9.02. The highest BCUT2D eigenvalue weighted by Gasteiger charge is 2.16. The van der Waals surface area contributed by atoms with Crippen molar-refractivity contribution in [2.45, 2.75) is 26.7 Å². The Bertz CT molecular complexity index is 364. The molecule has 0 saturated carbocycles. The Balaban J connectivity index is 3.14. The number of nitrogens with zero attached hydrogens (tertiary/aromatic N) is 2. The van der Waals surface area contributed by atoms with Crippen LogP contribution in [0.2, 0.25) is 0 Å². The fraction of sp³-hybridized carbons (Fsp3) is 0.500. The third-order valence-corrected chi connectivity index (χ3v) is 1.79. The Morgan fingerprint density at radius 3 is 2.73 bits per heavy atom. The van der Waals surface area contributed by atoms with Crippen molar-refractivity contribution in [3.63, 3.8) is 0 Å². The number of carboxylic acid groups (broad SMARTS) is 1. The normalized spacial score (nSPS) is 10.4. The molecule has 5 nitrogen and oxygen atoms in total. The van der Waals surface area contributed by atoms with E-state index in [2.05, 4.69) is 9.97 Å². The van der Waals surface area contributed by atoms with Crippen LogP contribution in [0.5, 0.6) is 5.75 Å². The van der Waals surface area contributed by atoms with E-state index < -0.39 is 5.97 Å². The number of ether oxygens (including phenoxy) is 1. The van der Waals surface area contributed by atoms with E-state index in [4.69, 9.17) is 9.84 Å². The summed E-state index contributed by atoms with van der Waals surface area (Å²) in [6.45, 7) is 5.98. The molecule has 1 aromatic heterocycles. The lowest BCUT2D eigenvalue weighted by molar-refractivity contribution is 0.0685. The van der Waals surface area contributed by atoms with E-state index in [9.17, 15) is 4.79 Å². The maximum Gasteiger partial charge on any atom is 0.358 e. The zero-order valence-electron chi connectivity index (χ0n) is 9.02. The Morgan fingerprint density at radius 2 is 2.27 bits per heavy atom. The van der Waals surface area contributed by atoms with Gasteiger partial charge in [0.05, 0.1) is 12.8 Å². The molecular formula is C10H14N2O3. The van der Waals surface area contributed by atoms with E-state index in [1.807, 2.05) is 13.8 Å². The summed E-state index contributed by atoms with van der Waals surface area (Å²) in [5.41, 5.74) is -0.0736. The minimum absolute atomic E-state index is 0.0736. The number of rotatable bonds is 4. The van der Waals surface area contributed by atoms with E-state index in [0.29, 0.717) is 12.4 Å². The van der Waals surface area contributed by atoms with Gasteiger partial charge in [-0.2, -0.15) is 0 Å². The van der Waals surface area contributed by atoms with Gasteiger partial charge >= 0.3 is 5.97 Å². The van der Waals surface area contributed by atoms with Gasteiger partial charge in [0.25, 0.3) is 0 Å². The topological polar surface area (TPSA) is 72.3 Å². The van der Waals surface area contributed by atoms with Crippen molar-refractivity contribution in [3.8, 4) is 5.75 Å². The number of hydrogen-bond donors (Lipinski definition) is 1. The maximum absolute atomic E-state index is 10.9. The lowest BCUT2D eigenvalue weighted by Gasteiger charge is -2.08. The average Bonchev–Trinajstić information content (AvgIpc) is 2.18. The van der Waals surface area contributed by atoms with Gasteiger partial charge in [0, 0.05) is 5.92 Å². The molecule has 0 radical (unpaired) electrons. The number of aromatic nitrogens is 2. The highest BCUT2D eigenvalue weighted by Crippen LogP contribution is 2.18. The van der Waals surface area contributed by atoms with Crippen LogP contribution in [0.15, 0.2) is 6.20 Å². The Morgan fingerprint density at radius 1 is 1.60 bits per heavy atom. The highest BCUT2D eigenvalue weighted by atomic mass is 16.5. The predicted molar refractivity (Wildman–Crippen MR) is 54.2 cm³/mol. The summed E-state index contributed by atoms with van der Waals surface area (Å²) in [6, 6.07) is 0. The Kier molecular flexibility index (Phi) is 3.60. The minimum Gasteiger partial charge on any atom is -0.490 e. The molecule has 0 atom stereocenters. The van der Waals surface area contributed by atoms with Crippen molar-refractivity contribution in [1.29, 1.82) is 0 Å². The molecule has 1 N–H and O–H groups in total. The first kappa shape index (κ1) is 11.4. The molecule has 0 spiro atoms. The van der Waals surface area contributed by atoms with E-state index in [1.165, 1.54) is 6.20 Å². The third-order valence-electron chi connectivity index (χ3n) is 1.79. The smallest absolute Gasteiger partial charge is 0.358 e. The number of aromatic carboxylic acids is 1. The second-order valence-corrected chi connectivity index (χ2v) is 3.33. The summed E-state index contributed by atoms with van der Waals surface area (Å²) in [7, 11) is 0. The van der Waals surface area contributed by atoms with E-state index in [1.54, 1.807) is 6.92 Å². The standard InChI is InChI=1S/C10H14N2O3/c1-4-15-7-5-11-9(6(2)3)12-8(7)10(13)14/h5-6H,4H2,1-3H3,(H,13,14). The van der Waals surface area contributed by atoms with Crippen LogP contribution in [-0.4, -0.2) is 27.7 Å². The molecule has 0 amide bonds. The van der Waals surface area contributed by atoms with Crippen LogP contribution in [0.3, 0.4) is 0 Å². The summed E-state index contributed by atoms with van der Waals surface area (Å²) >= 11 is 0. The second-order valence-electron chi connectivity index (χ2n) is 3.33. The molecule has 0 aliphatic carbocycles. The fourth-order valence-electron chi connectivity index (χ4n) is 1.08. The molecule has 0 aliphatic rings. The zero-order chi connectivity index (χ0) is 11.4. The molecule has 5 heteroatoms. The first-order chi connectivity index (χ1) is 7.06. The summed E-state index contributed by atoms with van der Waals surface area (Å²) in [4.78, 5) is 18.9. The summed E-state index contributed by atoms with van der Waals surface area (Å²) < 4.78 is 5.13. The number of hydrogen-bond acceptors (Lipinski definition) is 4. The number of carbonyl (C=O) groups is 1. The van der Waals surface area contributed by atoms with Crippen molar-refractivity contribution in [1.82, 2.24) is 9.97 Å². The van der Waals surface area contributed by atoms with Gasteiger partial charge in [0.1, 0.15) is 5.82 Å². The molecule has 1 rings (SSSR count). The molecule has 1 heterocycles. The molecule has 82 valence electrons. The van der Waals surface area contributed by atoms with Crippen LogP contribution in [0, 0.1) is 0 Å². The van der Waals surface area contributed by atoms with Crippen LogP contribution in [0.1, 0.15) is 43.0 Å². The first-order valence-corrected chi connectivity index (χ1v) is 4.79. The van der Waals surface area contributed by atoms with Crippen LogP contribution in [0.4, 0.5) is 0 Å². The summed E-state index contributed by atoms with van der Waals surface area (Å²) in [5, 5.41) is 8.93. The van der Waals surface area contributed by atoms with Gasteiger partial charge in [0.2, 0.25) is 0 Å². The molecule has 0 unspecified atom stereocenters. The lowest BCUT2D eigenvalue weighted by Crippen LogP contribution is -2.10. The molecule has 1 aromatic rings. The lowest BCUT2D eigenvalue weighted by atomic mass is 10.2. The second kappa shape index (κ2) is 4.72. The van der Waals surface area contributed by atoms with E-state index in [0.717, 1.165) is 0 Å². The van der Waals surface area contributed by atoms with Gasteiger partial charge < -0.3 is 9.84 Å². The predicted octanol–water partition coefficient (Wildman–Crippen LogP) is 1.70. The van der Waals surface area contributed by atoms with Crippen LogP contribution >= 0.6 is 0 Å². The van der Waals surface area contributed by atoms with Gasteiger partial charge in [-0.25, -0.2) is 14.8 Å². The Hall–Kier alpha value is -1.65. The molecular weight excluding hydrogens is 196 g/mol. The van der Waals surface area contributed by atoms with Gasteiger partial charge in [-0.3, -0.25) is 0 Å². The molecule has 0 aliphatic heterocycles. The van der Waals surface area contributed by atoms with Crippen LogP contribution in [-0.2, 0) is 0 Å². The summed E-state index contributed by atoms with van der Waals surface area (Å²) in [6.07, 6.45) is 1.41. The fourth-order valence-corrected chi connectivity index (χ4v) is 1.08. The molecule has 0 fully saturated rings. The molecule has 15 heavy (non-hydrogen) atoms. The first-order valence-electron chi connectivity index (χ1n) is 4.79. The third kappa shape index (κ3) is 2.65. The quantitative estimate of drug-likeness (QED) is 0.818. The number of carboxylic acids is 1. The SMILES string of the molecule is CCOc1cnc(C(C)C)nc1C(=O)O. The Labute approximate surface area is 88.1 Å². The average molecular weight is 210 g/mol. The van der Waals surface area contributed by atoms with Gasteiger partial charge in [-0.15, -0.1) is 0 Å². The van der Waals surface area contributed by atoms with Gasteiger partial charge in [-0.1, -0.05) is 13.8 Å². The van der Waals surface area contributed by atoms with Crippen LogP contribution in [0.25, 0.3) is 0 Å². The van der Waals surface area contributed by atoms with Crippen molar-refractivity contribution < 1.29 is 14.6 Å². The van der Waals surface area contributed by atoms with E-state index in [-0.39, 0.29) is 17.4 Å². The molecule has 0 aromatic carbocycles. The highest BCUT2D eigenvalue weighted by molar-refractivity contribution is 5.88. The minimum atomic E-state index is -1.09. The molecule has 0 saturated heterocycles. The van der Waals surface area contributed by atoms with Crippen molar-refractivity contribution in [2.75, 3.05) is 6.61 Å². The van der Waals surface area contributed by atoms with Crippen LogP contribution < -0.4 is 4.74 Å². The summed E-state index contributed by atoms with van der Waals surface area (Å²) in [5.74, 6) is -0.272. The largest absolute Gasteiger partial charge is 0.490 e. The van der Waals surface area contributed by atoms with E-state index >= 15 is 0 Å². The van der Waals surface area contributed by atoms with Crippen molar-refractivity contribution in [3.05, 3.63) is 17.7 Å². The van der Waals surface area contributed by atoms with Crippen molar-refractivity contribution in [2.24, 2.45) is 0 Å². The van der Waals surface area contributed by atoms with Gasteiger partial charge in [-0.05, 0) is 6.92 Å². The maximum atomic E-state index is 10.9.